The Kier molecular flexibility index (Phi) is 20.9. The first-order valence-electron chi connectivity index (χ1n) is 24.5. The van der Waals surface area contributed by atoms with Crippen LogP contribution in [0.2, 0.25) is 0 Å². The molecule has 10 aromatic carbocycles. The van der Waals surface area contributed by atoms with Gasteiger partial charge in [0.1, 0.15) is 0 Å². The summed E-state index contributed by atoms with van der Waals surface area (Å²) in [5.74, 6) is 0. The molecule has 0 aliphatic heterocycles. The Bertz CT molecular complexity index is 3400. The van der Waals surface area contributed by atoms with E-state index in [0.717, 1.165) is 0 Å². The van der Waals surface area contributed by atoms with Gasteiger partial charge in [-0.25, -0.2) is 0 Å². The first-order valence-corrected chi connectivity index (χ1v) is 35.9. The number of benzene rings is 10. The third kappa shape index (κ3) is 30.1. The molecule has 0 radical (unpaired) electrons. The van der Waals surface area contributed by atoms with Crippen LogP contribution in [0.25, 0.3) is 0 Å². The summed E-state index contributed by atoms with van der Waals surface area (Å²) in [5, 5.41) is 0. The minimum Gasteiger partial charge on any atom is -0.0899 e. The van der Waals surface area contributed by atoms with Gasteiger partial charge in [0.2, 0.25) is 0 Å². The molecule has 0 aromatic heterocycles. The molecular formula is C60H47F18P3S5. The molecule has 0 amide bonds. The van der Waals surface area contributed by atoms with Crippen LogP contribution in [0, 0.1) is 0 Å². The Morgan fingerprint density at radius 2 is 0.314 bits per heavy atom. The summed E-state index contributed by atoms with van der Waals surface area (Å²) in [4.78, 5) is 17.1. The van der Waals surface area contributed by atoms with Gasteiger partial charge in [-0.1, -0.05) is 169 Å². The van der Waals surface area contributed by atoms with Gasteiger partial charge in [-0.3, -0.25) is 0 Å². The second-order valence-corrected chi connectivity index (χ2v) is 31.7. The summed E-state index contributed by atoms with van der Waals surface area (Å²) in [5.41, 5.74) is 0. The summed E-state index contributed by atoms with van der Waals surface area (Å²) in [6.45, 7) is 0. The Morgan fingerprint density at radius 3 is 0.500 bits per heavy atom. The van der Waals surface area contributed by atoms with Gasteiger partial charge < -0.3 is 0 Å². The van der Waals surface area contributed by atoms with Crippen molar-refractivity contribution in [2.75, 3.05) is 0 Å². The van der Waals surface area contributed by atoms with E-state index in [1.165, 1.54) is 63.6 Å². The molecule has 0 atom stereocenters. The van der Waals surface area contributed by atoms with Crippen molar-refractivity contribution in [1.82, 2.24) is 0 Å². The van der Waals surface area contributed by atoms with Crippen molar-refractivity contribution in [3.8, 4) is 0 Å². The topological polar surface area (TPSA) is 0 Å². The predicted octanol–water partition coefficient (Wildman–Crippen LogP) is 27.1. The zero-order valence-electron chi connectivity index (χ0n) is 43.8. The zero-order chi connectivity index (χ0) is 63.1. The number of rotatable bonds is 13. The van der Waals surface area contributed by atoms with E-state index in [9.17, 15) is 75.5 Å². The van der Waals surface area contributed by atoms with Crippen LogP contribution in [0.5, 0.6) is 0 Å². The number of hydrogen-bond donors (Lipinski definition) is 0. The molecular weight excluding hydrogens is 1320 g/mol. The molecule has 0 fully saturated rings. The molecule has 458 valence electrons. The summed E-state index contributed by atoms with van der Waals surface area (Å²) in [6.07, 6.45) is 0. The maximum Gasteiger partial charge on any atom is 0.167 e. The Labute approximate surface area is 500 Å². The van der Waals surface area contributed by atoms with Crippen molar-refractivity contribution in [3.63, 3.8) is 0 Å². The van der Waals surface area contributed by atoms with Crippen LogP contribution in [0.15, 0.2) is 349 Å². The second kappa shape index (κ2) is 26.0. The normalized spacial score (nSPS) is 14.0. The second-order valence-electron chi connectivity index (χ2n) is 17.6. The fraction of sp³-hybridized carbons (Fsp3) is 0. The fourth-order valence-electron chi connectivity index (χ4n) is 7.32. The number of halogens is 18. The maximum absolute atomic E-state index is 10.7. The van der Waals surface area contributed by atoms with E-state index in [2.05, 4.69) is 285 Å². The first kappa shape index (κ1) is 69.1. The molecule has 0 aliphatic carbocycles. The van der Waals surface area contributed by atoms with E-state index in [1.54, 1.807) is 0 Å². The molecule has 0 nitrogen and oxygen atoms in total. The van der Waals surface area contributed by atoms with Crippen molar-refractivity contribution in [2.45, 2.75) is 63.6 Å². The van der Waals surface area contributed by atoms with Crippen LogP contribution in [0.1, 0.15) is 0 Å². The summed E-state index contributed by atoms with van der Waals surface area (Å²) in [6, 6.07) is 103. The van der Waals surface area contributed by atoms with Gasteiger partial charge in [-0.2, -0.15) is 0 Å². The summed E-state index contributed by atoms with van der Waals surface area (Å²) < 4.78 is 178. The van der Waals surface area contributed by atoms with E-state index in [1.807, 2.05) is 23.5 Å². The molecule has 0 aliphatic rings. The Morgan fingerprint density at radius 1 is 0.174 bits per heavy atom. The average Bonchev–Trinajstić information content (AvgIpc) is 1.83. The van der Waals surface area contributed by atoms with Crippen LogP contribution < -0.4 is 0 Å². The smallest absolute Gasteiger partial charge is 0.0899 e. The largest absolute Gasteiger partial charge is 0.167 e. The Balaban J connectivity index is 0.000000214. The van der Waals surface area contributed by atoms with Crippen LogP contribution in [-0.2, 0) is 32.7 Å². The molecule has 10 rings (SSSR count). The fourth-order valence-corrected chi connectivity index (χ4v) is 15.8. The van der Waals surface area contributed by atoms with Crippen LogP contribution in [0.3, 0.4) is 0 Å². The SMILES string of the molecule is F[P-](F)(F)(F)(F)F.F[P-](F)(F)(F)(F)F.F[P-](F)(F)(F)(F)F.c1ccc(Sc2cccc([S+](c3ccccc3)c3ccccc3)c2)cc1.c1ccc([S+](c2ccccc2)c2cccc(Sc3cccc([S+](c4ccccc4)c4ccccc4)c3)c2)cc1. The van der Waals surface area contributed by atoms with E-state index in [-0.39, 0.29) is 32.7 Å². The predicted molar refractivity (Wildman–Crippen MR) is 320 cm³/mol. The first-order chi connectivity index (χ1) is 39.6. The molecule has 0 saturated carbocycles. The molecule has 86 heavy (non-hydrogen) atoms. The van der Waals surface area contributed by atoms with Gasteiger partial charge >= 0.3 is 99.0 Å². The van der Waals surface area contributed by atoms with Gasteiger partial charge in [0.05, 0.1) is 32.7 Å². The van der Waals surface area contributed by atoms with Crippen molar-refractivity contribution in [3.05, 3.63) is 285 Å². The molecule has 0 saturated heterocycles. The summed E-state index contributed by atoms with van der Waals surface area (Å²) in [7, 11) is -32.4. The molecule has 0 unspecified atom stereocenters. The minimum absolute atomic E-state index is 0.0962. The average molecular weight is 1360 g/mol. The van der Waals surface area contributed by atoms with Crippen LogP contribution in [0.4, 0.5) is 75.5 Å². The van der Waals surface area contributed by atoms with Crippen molar-refractivity contribution < 1.29 is 75.5 Å². The maximum atomic E-state index is 9.87. The third-order valence-corrected chi connectivity index (χ3v) is 18.8. The van der Waals surface area contributed by atoms with Gasteiger partial charge in [-0.15, -0.1) is 0 Å². The van der Waals surface area contributed by atoms with Gasteiger partial charge in [-0.05, 0) is 121 Å². The van der Waals surface area contributed by atoms with Gasteiger partial charge in [0.25, 0.3) is 0 Å². The van der Waals surface area contributed by atoms with Gasteiger partial charge in [0, 0.05) is 37.8 Å². The van der Waals surface area contributed by atoms with Gasteiger partial charge in [0.15, 0.2) is 44.1 Å². The molecule has 0 bridgehead atoms. The summed E-state index contributed by atoms with van der Waals surface area (Å²) >= 11 is 3.65. The third-order valence-electron chi connectivity index (χ3n) is 10.2. The Hall–Kier alpha value is -6.02. The van der Waals surface area contributed by atoms with Crippen LogP contribution >= 0.6 is 46.9 Å². The monoisotopic (exact) mass is 1360 g/mol. The standard InChI is InChI=1S/C36H28S3.C24H19S2.3F6P/c1-5-17-31(18-6-1)38(32-19-7-2-8-20-32)35-25-13-15-29(27-35)37-30-16-14-26-36(28-30)39(33-21-9-3-10-22-33)34-23-11-4-12-24-34;1-4-11-20(12-5-1)25-21-13-10-18-24(19-21)26(22-14-6-2-7-15-22)23-16-8-3-9-17-23;3*1-7(2,3,4,5)6/h1-28H;1-19H;;;/q+2;+1;3*-1. The van der Waals surface area contributed by atoms with E-state index in [4.69, 9.17) is 0 Å². The van der Waals surface area contributed by atoms with E-state index in [0.29, 0.717) is 0 Å². The van der Waals surface area contributed by atoms with E-state index >= 15 is 0 Å². The quantitative estimate of drug-likeness (QED) is 0.0641. The molecule has 0 N–H and O–H groups in total. The van der Waals surface area contributed by atoms with E-state index < -0.39 is 23.4 Å². The molecule has 10 aromatic rings. The minimum atomic E-state index is -10.7. The molecule has 26 heteroatoms. The van der Waals surface area contributed by atoms with Crippen molar-refractivity contribution in [2.24, 2.45) is 0 Å². The molecule has 0 spiro atoms. The number of hydrogen-bond acceptors (Lipinski definition) is 2. The van der Waals surface area contributed by atoms with Crippen LogP contribution in [-0.4, -0.2) is 0 Å². The molecule has 0 heterocycles. The van der Waals surface area contributed by atoms with Crippen molar-refractivity contribution >= 4 is 79.6 Å². The zero-order valence-corrected chi connectivity index (χ0v) is 50.6. The van der Waals surface area contributed by atoms with Crippen molar-refractivity contribution in [1.29, 1.82) is 0 Å².